The van der Waals surface area contributed by atoms with Crippen LogP contribution in [0.4, 0.5) is 5.69 Å². The summed E-state index contributed by atoms with van der Waals surface area (Å²) in [5.74, 6) is -0.259. The van der Waals surface area contributed by atoms with Gasteiger partial charge in [0.25, 0.3) is 5.91 Å². The lowest BCUT2D eigenvalue weighted by Crippen LogP contribution is -2.53. The minimum atomic E-state index is -0.704. The molecule has 2 amide bonds. The molecule has 2 aromatic rings. The zero-order valence-corrected chi connectivity index (χ0v) is 16.6. The summed E-state index contributed by atoms with van der Waals surface area (Å²) in [4.78, 5) is 33.6. The van der Waals surface area contributed by atoms with Gasteiger partial charge in [-0.25, -0.2) is 0 Å². The van der Waals surface area contributed by atoms with Gasteiger partial charge in [-0.2, -0.15) is 0 Å². The normalized spacial score (nSPS) is 22.7. The first-order valence-electron chi connectivity index (χ1n) is 10.0. The van der Waals surface area contributed by atoms with E-state index < -0.39 is 12.1 Å². The van der Waals surface area contributed by atoms with E-state index in [2.05, 4.69) is 22.1 Å². The number of nitrogens with one attached hydrogen (secondary N) is 1. The highest BCUT2D eigenvalue weighted by Crippen LogP contribution is 2.25. The molecule has 0 unspecified atom stereocenters. The molecule has 2 saturated heterocycles. The molecule has 2 atom stereocenters. The standard InChI is InChI=1S/C22H26N4O3/c1-16-14-23-9-8-18(16)25-10-5-11-26(13-12-25)22(28)21-20(24-19(27)15-29-21)17-6-3-2-4-7-17/h2-4,6-9,14,20-21H,5,10-13,15H2,1H3,(H,24,27)/t20-,21+/m1/s1. The number of benzene rings is 1. The van der Waals surface area contributed by atoms with E-state index >= 15 is 0 Å². The van der Waals surface area contributed by atoms with Crippen molar-refractivity contribution in [2.75, 3.05) is 37.7 Å². The monoisotopic (exact) mass is 394 g/mol. The fourth-order valence-corrected chi connectivity index (χ4v) is 4.06. The smallest absolute Gasteiger partial charge is 0.254 e. The predicted molar refractivity (Wildman–Crippen MR) is 109 cm³/mol. The van der Waals surface area contributed by atoms with Crippen LogP contribution in [0.2, 0.25) is 0 Å². The maximum Gasteiger partial charge on any atom is 0.254 e. The van der Waals surface area contributed by atoms with E-state index in [4.69, 9.17) is 4.74 Å². The van der Waals surface area contributed by atoms with Crippen LogP contribution in [0.25, 0.3) is 0 Å². The van der Waals surface area contributed by atoms with Crippen molar-refractivity contribution in [2.45, 2.75) is 25.5 Å². The Labute approximate surface area is 170 Å². The summed E-state index contributed by atoms with van der Waals surface area (Å²) in [6.45, 7) is 4.91. The molecule has 2 aliphatic heterocycles. The van der Waals surface area contributed by atoms with E-state index in [0.717, 1.165) is 36.3 Å². The minimum Gasteiger partial charge on any atom is -0.369 e. The average Bonchev–Trinajstić information content (AvgIpc) is 3.00. The summed E-state index contributed by atoms with van der Waals surface area (Å²) in [7, 11) is 0. The molecule has 1 aromatic carbocycles. The molecule has 0 radical (unpaired) electrons. The van der Waals surface area contributed by atoms with Crippen molar-refractivity contribution in [3.05, 3.63) is 59.9 Å². The molecule has 1 N–H and O–H groups in total. The lowest BCUT2D eigenvalue weighted by molar-refractivity contribution is -0.155. The summed E-state index contributed by atoms with van der Waals surface area (Å²) in [5.41, 5.74) is 3.18. The third-order valence-electron chi connectivity index (χ3n) is 5.55. The molecule has 3 heterocycles. The van der Waals surface area contributed by atoms with Gasteiger partial charge in [0, 0.05) is 44.3 Å². The Morgan fingerprint density at radius 3 is 2.76 bits per heavy atom. The summed E-state index contributed by atoms with van der Waals surface area (Å²) >= 11 is 0. The maximum atomic E-state index is 13.3. The number of hydrogen-bond donors (Lipinski definition) is 1. The molecule has 1 aromatic heterocycles. The van der Waals surface area contributed by atoms with Crippen LogP contribution in [0, 0.1) is 6.92 Å². The first-order valence-corrected chi connectivity index (χ1v) is 10.0. The van der Waals surface area contributed by atoms with Crippen LogP contribution in [-0.4, -0.2) is 60.6 Å². The molecule has 7 heteroatoms. The van der Waals surface area contributed by atoms with Gasteiger partial charge in [-0.05, 0) is 30.5 Å². The van der Waals surface area contributed by atoms with Crippen molar-refractivity contribution in [3.63, 3.8) is 0 Å². The predicted octanol–water partition coefficient (Wildman–Crippen LogP) is 1.69. The number of aryl methyl sites for hydroxylation is 1. The van der Waals surface area contributed by atoms with E-state index in [1.54, 1.807) is 6.20 Å². The van der Waals surface area contributed by atoms with Gasteiger partial charge in [-0.15, -0.1) is 0 Å². The van der Waals surface area contributed by atoms with Crippen LogP contribution in [0.5, 0.6) is 0 Å². The molecule has 152 valence electrons. The Kier molecular flexibility index (Phi) is 5.76. The van der Waals surface area contributed by atoms with Crippen molar-refractivity contribution in [2.24, 2.45) is 0 Å². The van der Waals surface area contributed by atoms with Crippen LogP contribution in [-0.2, 0) is 14.3 Å². The second kappa shape index (κ2) is 8.61. The minimum absolute atomic E-state index is 0.0628. The molecule has 2 fully saturated rings. The fourth-order valence-electron chi connectivity index (χ4n) is 4.06. The summed E-state index contributed by atoms with van der Waals surface area (Å²) < 4.78 is 5.72. The fraction of sp³-hybridized carbons (Fsp3) is 0.409. The van der Waals surface area contributed by atoms with E-state index in [-0.39, 0.29) is 18.4 Å². The first kappa shape index (κ1) is 19.4. The first-order chi connectivity index (χ1) is 14.1. The molecular weight excluding hydrogens is 368 g/mol. The topological polar surface area (TPSA) is 74.8 Å². The number of nitrogens with zero attached hydrogens (tertiary/aromatic N) is 3. The molecule has 0 bridgehead atoms. The highest BCUT2D eigenvalue weighted by atomic mass is 16.5. The summed E-state index contributed by atoms with van der Waals surface area (Å²) in [6.07, 6.45) is 3.85. The third kappa shape index (κ3) is 4.24. The Hall–Kier alpha value is -2.93. The van der Waals surface area contributed by atoms with Gasteiger partial charge in [0.2, 0.25) is 5.91 Å². The van der Waals surface area contributed by atoms with Crippen molar-refractivity contribution >= 4 is 17.5 Å². The number of carbonyl (C=O) groups is 2. The lowest BCUT2D eigenvalue weighted by Gasteiger charge is -2.35. The van der Waals surface area contributed by atoms with E-state index in [1.165, 1.54) is 0 Å². The van der Waals surface area contributed by atoms with Gasteiger partial charge < -0.3 is 19.9 Å². The Bertz CT molecular complexity index is 873. The molecule has 29 heavy (non-hydrogen) atoms. The number of aromatic nitrogens is 1. The lowest BCUT2D eigenvalue weighted by atomic mass is 9.98. The van der Waals surface area contributed by atoms with Gasteiger partial charge in [-0.3, -0.25) is 14.6 Å². The molecule has 0 saturated carbocycles. The number of morpholine rings is 1. The second-order valence-electron chi connectivity index (χ2n) is 7.52. The second-order valence-corrected chi connectivity index (χ2v) is 7.52. The van der Waals surface area contributed by atoms with Crippen molar-refractivity contribution < 1.29 is 14.3 Å². The highest BCUT2D eigenvalue weighted by Gasteiger charge is 2.38. The number of hydrogen-bond acceptors (Lipinski definition) is 5. The zero-order chi connectivity index (χ0) is 20.2. The Morgan fingerprint density at radius 2 is 1.97 bits per heavy atom. The highest BCUT2D eigenvalue weighted by molar-refractivity contribution is 5.86. The quantitative estimate of drug-likeness (QED) is 0.858. The third-order valence-corrected chi connectivity index (χ3v) is 5.55. The zero-order valence-electron chi connectivity index (χ0n) is 16.6. The number of pyridine rings is 1. The summed E-state index contributed by atoms with van der Waals surface area (Å²) in [6, 6.07) is 11.1. The number of rotatable bonds is 3. The van der Waals surface area contributed by atoms with Gasteiger partial charge in [0.15, 0.2) is 6.10 Å². The molecule has 0 spiro atoms. The van der Waals surface area contributed by atoms with E-state index in [0.29, 0.717) is 13.1 Å². The van der Waals surface area contributed by atoms with Crippen LogP contribution >= 0.6 is 0 Å². The molecule has 0 aliphatic carbocycles. The number of amides is 2. The van der Waals surface area contributed by atoms with Crippen LogP contribution in [0.1, 0.15) is 23.6 Å². The molecule has 4 rings (SSSR count). The number of anilines is 1. The molecule has 2 aliphatic rings. The Balaban J connectivity index is 1.48. The van der Waals surface area contributed by atoms with E-state index in [1.807, 2.05) is 47.5 Å². The average molecular weight is 394 g/mol. The van der Waals surface area contributed by atoms with Crippen molar-refractivity contribution in [3.8, 4) is 0 Å². The van der Waals surface area contributed by atoms with Crippen LogP contribution < -0.4 is 10.2 Å². The van der Waals surface area contributed by atoms with Gasteiger partial charge in [0.05, 0.1) is 6.04 Å². The Morgan fingerprint density at radius 1 is 1.14 bits per heavy atom. The van der Waals surface area contributed by atoms with Gasteiger partial charge >= 0.3 is 0 Å². The largest absolute Gasteiger partial charge is 0.369 e. The van der Waals surface area contributed by atoms with E-state index in [9.17, 15) is 9.59 Å². The van der Waals surface area contributed by atoms with Gasteiger partial charge in [-0.1, -0.05) is 30.3 Å². The van der Waals surface area contributed by atoms with Gasteiger partial charge in [0.1, 0.15) is 6.61 Å². The van der Waals surface area contributed by atoms with Crippen molar-refractivity contribution in [1.82, 2.24) is 15.2 Å². The van der Waals surface area contributed by atoms with Crippen LogP contribution in [0.3, 0.4) is 0 Å². The maximum absolute atomic E-state index is 13.3. The SMILES string of the molecule is Cc1cnccc1N1CCCN(C(=O)[C@H]2OCC(=O)N[C@@H]2c2ccccc2)CC1. The summed E-state index contributed by atoms with van der Waals surface area (Å²) in [5, 5.41) is 2.93. The number of ether oxygens (including phenoxy) is 1. The van der Waals surface area contributed by atoms with Crippen LogP contribution in [0.15, 0.2) is 48.8 Å². The number of carbonyl (C=O) groups excluding carboxylic acids is 2. The molecular formula is C22H26N4O3. The van der Waals surface area contributed by atoms with Crippen molar-refractivity contribution in [1.29, 1.82) is 0 Å². The molecule has 7 nitrogen and oxygen atoms in total.